The highest BCUT2D eigenvalue weighted by Crippen LogP contribution is 2.29. The van der Waals surface area contributed by atoms with Crippen molar-refractivity contribution in [3.8, 4) is 0 Å². The number of alkyl halides is 3. The summed E-state index contributed by atoms with van der Waals surface area (Å²) >= 11 is 0. The van der Waals surface area contributed by atoms with E-state index in [-0.39, 0.29) is 12.3 Å². The van der Waals surface area contributed by atoms with Gasteiger partial charge in [-0.1, -0.05) is 12.1 Å². The van der Waals surface area contributed by atoms with Crippen LogP contribution >= 0.6 is 0 Å². The number of aryl methyl sites for hydroxylation is 1. The van der Waals surface area contributed by atoms with E-state index in [0.29, 0.717) is 31.7 Å². The third-order valence-electron chi connectivity index (χ3n) is 6.08. The van der Waals surface area contributed by atoms with E-state index < -0.39 is 11.7 Å². The molecule has 0 atom stereocenters. The molecule has 0 bridgehead atoms. The molecule has 4 rings (SSSR count). The van der Waals surface area contributed by atoms with Crippen LogP contribution in [-0.4, -0.2) is 60.0 Å². The molecule has 32 heavy (non-hydrogen) atoms. The summed E-state index contributed by atoms with van der Waals surface area (Å²) in [5.74, 6) is 2.52. The van der Waals surface area contributed by atoms with Crippen LogP contribution in [0.2, 0.25) is 0 Å². The lowest BCUT2D eigenvalue weighted by atomic mass is 10.1. The fourth-order valence-corrected chi connectivity index (χ4v) is 4.27. The van der Waals surface area contributed by atoms with Crippen LogP contribution in [0.1, 0.15) is 36.2 Å². The topological polar surface area (TPSA) is 52.6 Å². The number of carbonyl (C=O) groups is 1. The maximum atomic E-state index is 12.7. The molecule has 0 aliphatic carbocycles. The van der Waals surface area contributed by atoms with Crippen molar-refractivity contribution in [1.82, 2.24) is 14.9 Å². The second kappa shape index (κ2) is 9.34. The second-order valence-corrected chi connectivity index (χ2v) is 8.42. The molecule has 0 N–H and O–H groups in total. The van der Waals surface area contributed by atoms with Gasteiger partial charge in [0, 0.05) is 45.3 Å². The smallest absolute Gasteiger partial charge is 0.356 e. The number of nitrogens with zero attached hydrogens (tertiary/aromatic N) is 5. The summed E-state index contributed by atoms with van der Waals surface area (Å²) in [7, 11) is 0. The molecule has 0 radical (unpaired) electrons. The van der Waals surface area contributed by atoms with Crippen LogP contribution in [0.15, 0.2) is 30.3 Å². The van der Waals surface area contributed by atoms with Crippen molar-refractivity contribution in [1.29, 1.82) is 0 Å². The Bertz CT molecular complexity index is 934. The highest BCUT2D eigenvalue weighted by Gasteiger charge is 2.30. The number of hydrogen-bond acceptors (Lipinski definition) is 5. The van der Waals surface area contributed by atoms with Crippen molar-refractivity contribution in [2.45, 2.75) is 38.8 Å². The van der Waals surface area contributed by atoms with E-state index in [1.807, 2.05) is 13.0 Å². The Morgan fingerprint density at radius 3 is 2.00 bits per heavy atom. The van der Waals surface area contributed by atoms with Crippen LogP contribution < -0.4 is 9.80 Å². The zero-order valence-corrected chi connectivity index (χ0v) is 18.2. The first-order valence-electron chi connectivity index (χ1n) is 11.1. The first-order chi connectivity index (χ1) is 15.3. The number of rotatable bonds is 4. The molecule has 9 heteroatoms. The molecule has 2 saturated heterocycles. The molecule has 172 valence electrons. The Morgan fingerprint density at radius 1 is 0.875 bits per heavy atom. The Balaban J connectivity index is 1.34. The number of halogens is 3. The second-order valence-electron chi connectivity index (χ2n) is 8.42. The van der Waals surface area contributed by atoms with Crippen molar-refractivity contribution in [3.63, 3.8) is 0 Å². The lowest BCUT2D eigenvalue weighted by molar-refractivity contribution is -0.137. The molecule has 2 aliphatic rings. The van der Waals surface area contributed by atoms with Crippen LogP contribution in [0.4, 0.5) is 24.8 Å². The molecular weight excluding hydrogens is 419 g/mol. The Labute approximate surface area is 186 Å². The van der Waals surface area contributed by atoms with Crippen molar-refractivity contribution >= 4 is 17.5 Å². The van der Waals surface area contributed by atoms with Crippen LogP contribution in [0, 0.1) is 6.92 Å². The lowest BCUT2D eigenvalue weighted by Crippen LogP contribution is -2.49. The number of hydrogen-bond donors (Lipinski definition) is 0. The third-order valence-corrected chi connectivity index (χ3v) is 6.08. The van der Waals surface area contributed by atoms with Crippen molar-refractivity contribution in [2.24, 2.45) is 0 Å². The molecule has 2 fully saturated rings. The predicted molar refractivity (Wildman–Crippen MR) is 117 cm³/mol. The van der Waals surface area contributed by atoms with Crippen LogP contribution in [0.3, 0.4) is 0 Å². The molecular formula is C23H28F3N5O. The molecule has 2 aromatic rings. The van der Waals surface area contributed by atoms with Gasteiger partial charge in [-0.15, -0.1) is 0 Å². The molecule has 1 amide bonds. The number of benzene rings is 1. The third kappa shape index (κ3) is 5.31. The molecule has 2 aliphatic heterocycles. The monoisotopic (exact) mass is 447 g/mol. The van der Waals surface area contributed by atoms with Crippen LogP contribution in [0.5, 0.6) is 0 Å². The van der Waals surface area contributed by atoms with Crippen LogP contribution in [-0.2, 0) is 17.4 Å². The molecule has 3 heterocycles. The van der Waals surface area contributed by atoms with Crippen molar-refractivity contribution in [3.05, 3.63) is 47.3 Å². The Kier molecular flexibility index (Phi) is 6.53. The highest BCUT2D eigenvalue weighted by atomic mass is 19.4. The number of aromatic nitrogens is 2. The number of carbonyl (C=O) groups excluding carboxylic acids is 1. The SMILES string of the molecule is Cc1nc(N2CCCCC2)cc(N2CCN(C(=O)Cc3ccc(C(F)(F)F)cc3)CC2)n1. The van der Waals surface area contributed by atoms with Gasteiger partial charge in [0.1, 0.15) is 17.5 Å². The van der Waals surface area contributed by atoms with E-state index >= 15 is 0 Å². The zero-order chi connectivity index (χ0) is 22.7. The summed E-state index contributed by atoms with van der Waals surface area (Å²) in [5, 5.41) is 0. The van der Waals surface area contributed by atoms with E-state index in [0.717, 1.165) is 42.7 Å². The largest absolute Gasteiger partial charge is 0.416 e. The number of piperidine rings is 1. The quantitative estimate of drug-likeness (QED) is 0.716. The van der Waals surface area contributed by atoms with Gasteiger partial charge in [-0.2, -0.15) is 13.2 Å². The summed E-state index contributed by atoms with van der Waals surface area (Å²) in [4.78, 5) is 28.1. The average Bonchev–Trinajstić information content (AvgIpc) is 2.79. The highest BCUT2D eigenvalue weighted by molar-refractivity contribution is 5.79. The minimum Gasteiger partial charge on any atom is -0.356 e. The summed E-state index contributed by atoms with van der Waals surface area (Å²) in [6, 6.07) is 6.85. The van der Waals surface area contributed by atoms with Crippen molar-refractivity contribution < 1.29 is 18.0 Å². The van der Waals surface area contributed by atoms with Gasteiger partial charge in [-0.3, -0.25) is 4.79 Å². The first-order valence-corrected chi connectivity index (χ1v) is 11.1. The summed E-state index contributed by atoms with van der Waals surface area (Å²) in [5.41, 5.74) is -0.116. The first kappa shape index (κ1) is 22.4. The van der Waals surface area contributed by atoms with Gasteiger partial charge in [0.15, 0.2) is 0 Å². The zero-order valence-electron chi connectivity index (χ0n) is 18.2. The van der Waals surface area contributed by atoms with E-state index in [1.165, 1.54) is 31.4 Å². The number of piperazine rings is 1. The minimum atomic E-state index is -4.37. The fraction of sp³-hybridized carbons (Fsp3) is 0.522. The minimum absolute atomic E-state index is 0.0720. The maximum absolute atomic E-state index is 12.7. The number of amides is 1. The van der Waals surface area contributed by atoms with E-state index in [4.69, 9.17) is 0 Å². The van der Waals surface area contributed by atoms with Gasteiger partial charge in [-0.05, 0) is 43.9 Å². The molecule has 0 unspecified atom stereocenters. The summed E-state index contributed by atoms with van der Waals surface area (Å²) in [6.07, 6.45) is -0.651. The van der Waals surface area contributed by atoms with Crippen molar-refractivity contribution in [2.75, 3.05) is 49.1 Å². The standard InChI is InChI=1S/C23H28F3N5O/c1-17-27-20(29-9-3-2-4-10-29)16-21(28-17)30-11-13-31(14-12-30)22(32)15-18-5-7-19(8-6-18)23(24,25)26/h5-8,16H,2-4,9-15H2,1H3. The number of anilines is 2. The van der Waals surface area contributed by atoms with Gasteiger partial charge in [0.25, 0.3) is 0 Å². The molecule has 0 spiro atoms. The predicted octanol–water partition coefficient (Wildman–Crippen LogP) is 3.69. The van der Waals surface area contributed by atoms with Gasteiger partial charge >= 0.3 is 6.18 Å². The molecule has 6 nitrogen and oxygen atoms in total. The summed E-state index contributed by atoms with van der Waals surface area (Å²) < 4.78 is 38.1. The fourth-order valence-electron chi connectivity index (χ4n) is 4.27. The average molecular weight is 448 g/mol. The normalized spacial score (nSPS) is 17.6. The lowest BCUT2D eigenvalue weighted by Gasteiger charge is -2.36. The van der Waals surface area contributed by atoms with Gasteiger partial charge in [0.2, 0.25) is 5.91 Å². The van der Waals surface area contributed by atoms with E-state index in [2.05, 4.69) is 19.8 Å². The van der Waals surface area contributed by atoms with Gasteiger partial charge in [0.05, 0.1) is 12.0 Å². The van der Waals surface area contributed by atoms with Gasteiger partial charge < -0.3 is 14.7 Å². The maximum Gasteiger partial charge on any atom is 0.416 e. The van der Waals surface area contributed by atoms with E-state index in [1.54, 1.807) is 4.90 Å². The Hall–Kier alpha value is -2.84. The van der Waals surface area contributed by atoms with Crippen LogP contribution in [0.25, 0.3) is 0 Å². The Morgan fingerprint density at radius 2 is 1.44 bits per heavy atom. The van der Waals surface area contributed by atoms with Gasteiger partial charge in [-0.25, -0.2) is 9.97 Å². The molecule has 0 saturated carbocycles. The molecule has 1 aromatic carbocycles. The molecule has 1 aromatic heterocycles. The van der Waals surface area contributed by atoms with E-state index in [9.17, 15) is 18.0 Å². The summed E-state index contributed by atoms with van der Waals surface area (Å²) in [6.45, 7) is 6.37.